The lowest BCUT2D eigenvalue weighted by atomic mass is 9.83. The van der Waals surface area contributed by atoms with Gasteiger partial charge in [0.2, 0.25) is 5.91 Å². The van der Waals surface area contributed by atoms with Gasteiger partial charge in [-0.05, 0) is 49.8 Å². The van der Waals surface area contributed by atoms with Gasteiger partial charge in [-0.1, -0.05) is 6.42 Å². The first-order valence-corrected chi connectivity index (χ1v) is 8.76. The monoisotopic (exact) mass is 321 g/mol. The van der Waals surface area contributed by atoms with Crippen LogP contribution in [0.3, 0.4) is 0 Å². The number of nitrogens with one attached hydrogen (secondary N) is 1. The third-order valence-corrected chi connectivity index (χ3v) is 5.13. The lowest BCUT2D eigenvalue weighted by Crippen LogP contribution is -2.51. The molecule has 128 valence electrons. The van der Waals surface area contributed by atoms with E-state index in [2.05, 4.69) is 15.4 Å². The van der Waals surface area contributed by atoms with Crippen molar-refractivity contribution in [1.29, 1.82) is 0 Å². The van der Waals surface area contributed by atoms with Gasteiger partial charge in [-0.25, -0.2) is 0 Å². The van der Waals surface area contributed by atoms with Crippen molar-refractivity contribution in [2.45, 2.75) is 51.0 Å². The number of aryl methyl sites for hydroxylation is 1. The van der Waals surface area contributed by atoms with Crippen LogP contribution in [0.1, 0.15) is 44.3 Å². The zero-order chi connectivity index (χ0) is 16.1. The van der Waals surface area contributed by atoms with Crippen LogP contribution < -0.4 is 10.1 Å². The Morgan fingerprint density at radius 2 is 2.26 bits per heavy atom. The van der Waals surface area contributed by atoms with E-state index in [1.54, 1.807) is 13.2 Å². The smallest absolute Gasteiger partial charge is 0.254 e. The molecule has 2 aliphatic rings. The topological polar surface area (TPSA) is 67.6 Å². The molecule has 1 N–H and O–H groups in total. The molecule has 2 fully saturated rings. The maximum Gasteiger partial charge on any atom is 0.254 e. The van der Waals surface area contributed by atoms with Crippen molar-refractivity contribution >= 4 is 5.91 Å². The van der Waals surface area contributed by atoms with E-state index in [1.165, 1.54) is 45.2 Å². The average molecular weight is 321 g/mol. The van der Waals surface area contributed by atoms with Gasteiger partial charge in [0.05, 0.1) is 7.11 Å². The van der Waals surface area contributed by atoms with E-state index in [9.17, 15) is 4.79 Å². The Kier molecular flexibility index (Phi) is 5.54. The standard InChI is InChI=1S/C17H27N3O3/c1-22-17-11-14(23-19-17)7-8-16(21)18-12-13-5-4-10-20-9-3-2-6-15(13)20/h11,13,15H,2-10,12H2,1H3,(H,18,21)/t13-,15-/m1/s1. The van der Waals surface area contributed by atoms with Gasteiger partial charge in [0.25, 0.3) is 5.88 Å². The molecule has 3 rings (SSSR count). The quantitative estimate of drug-likeness (QED) is 0.868. The molecular formula is C17H27N3O3. The molecule has 2 aliphatic heterocycles. The van der Waals surface area contributed by atoms with E-state index in [0.29, 0.717) is 36.4 Å². The van der Waals surface area contributed by atoms with Gasteiger partial charge in [-0.2, -0.15) is 0 Å². The number of fused-ring (bicyclic) bond motifs is 1. The molecule has 0 saturated carbocycles. The minimum atomic E-state index is 0.0910. The molecule has 6 heteroatoms. The minimum absolute atomic E-state index is 0.0910. The fourth-order valence-corrected chi connectivity index (χ4v) is 3.89. The Balaban J connectivity index is 1.41. The van der Waals surface area contributed by atoms with Gasteiger partial charge in [-0.3, -0.25) is 4.79 Å². The number of piperidine rings is 2. The Morgan fingerprint density at radius 1 is 1.39 bits per heavy atom. The van der Waals surface area contributed by atoms with Crippen molar-refractivity contribution in [1.82, 2.24) is 15.4 Å². The van der Waals surface area contributed by atoms with Gasteiger partial charge in [0.15, 0.2) is 0 Å². The molecule has 2 saturated heterocycles. The summed E-state index contributed by atoms with van der Waals surface area (Å²) in [5.74, 6) is 1.85. The van der Waals surface area contributed by atoms with Gasteiger partial charge >= 0.3 is 0 Å². The summed E-state index contributed by atoms with van der Waals surface area (Å²) >= 11 is 0. The van der Waals surface area contributed by atoms with Crippen LogP contribution in [0, 0.1) is 5.92 Å². The van der Waals surface area contributed by atoms with Gasteiger partial charge in [-0.15, -0.1) is 0 Å². The number of carbonyl (C=O) groups excluding carboxylic acids is 1. The molecular weight excluding hydrogens is 294 g/mol. The normalized spacial score (nSPS) is 24.9. The summed E-state index contributed by atoms with van der Waals surface area (Å²) in [5, 5.41) is 6.86. The lowest BCUT2D eigenvalue weighted by molar-refractivity contribution is -0.121. The number of aromatic nitrogens is 1. The molecule has 0 bridgehead atoms. The van der Waals surface area contributed by atoms with Crippen molar-refractivity contribution < 1.29 is 14.1 Å². The molecule has 0 spiro atoms. The summed E-state index contributed by atoms with van der Waals surface area (Å²) in [6.45, 7) is 3.28. The van der Waals surface area contributed by atoms with Gasteiger partial charge in [0.1, 0.15) is 5.76 Å². The van der Waals surface area contributed by atoms with Crippen LogP contribution in [-0.4, -0.2) is 48.7 Å². The summed E-state index contributed by atoms with van der Waals surface area (Å²) in [6, 6.07) is 2.41. The van der Waals surface area contributed by atoms with E-state index < -0.39 is 0 Å². The maximum atomic E-state index is 12.1. The van der Waals surface area contributed by atoms with Crippen LogP contribution in [0.15, 0.2) is 10.6 Å². The Morgan fingerprint density at radius 3 is 3.09 bits per heavy atom. The van der Waals surface area contributed by atoms with Crippen LogP contribution in [-0.2, 0) is 11.2 Å². The van der Waals surface area contributed by atoms with E-state index in [0.717, 1.165) is 6.54 Å². The second-order valence-corrected chi connectivity index (χ2v) is 6.64. The molecule has 1 aromatic heterocycles. The van der Waals surface area contributed by atoms with Crippen LogP contribution in [0.5, 0.6) is 5.88 Å². The van der Waals surface area contributed by atoms with E-state index in [-0.39, 0.29) is 5.91 Å². The first-order valence-electron chi connectivity index (χ1n) is 8.76. The number of hydrogen-bond acceptors (Lipinski definition) is 5. The van der Waals surface area contributed by atoms with Gasteiger partial charge in [0, 0.05) is 31.5 Å². The number of ether oxygens (including phenoxy) is 1. The van der Waals surface area contributed by atoms with E-state index >= 15 is 0 Å². The fourth-order valence-electron chi connectivity index (χ4n) is 3.89. The fraction of sp³-hybridized carbons (Fsp3) is 0.765. The predicted molar refractivity (Wildman–Crippen MR) is 86.3 cm³/mol. The number of nitrogens with zero attached hydrogens (tertiary/aromatic N) is 2. The average Bonchev–Trinajstić information content (AvgIpc) is 3.06. The van der Waals surface area contributed by atoms with Gasteiger partial charge < -0.3 is 19.5 Å². The molecule has 0 aliphatic carbocycles. The number of carbonyl (C=O) groups is 1. The van der Waals surface area contributed by atoms with Crippen LogP contribution in [0.25, 0.3) is 0 Å². The summed E-state index contributed by atoms with van der Waals surface area (Å²) in [5.41, 5.74) is 0. The Hall–Kier alpha value is -1.56. The molecule has 1 amide bonds. The lowest BCUT2D eigenvalue weighted by Gasteiger charge is -2.44. The van der Waals surface area contributed by atoms with Crippen molar-refractivity contribution in [2.24, 2.45) is 5.92 Å². The van der Waals surface area contributed by atoms with E-state index in [1.807, 2.05) is 0 Å². The summed E-state index contributed by atoms with van der Waals surface area (Å²) < 4.78 is 10.1. The molecule has 6 nitrogen and oxygen atoms in total. The highest BCUT2D eigenvalue weighted by Gasteiger charge is 2.32. The number of rotatable bonds is 6. The van der Waals surface area contributed by atoms with Crippen molar-refractivity contribution in [3.63, 3.8) is 0 Å². The minimum Gasteiger partial charge on any atom is -0.479 e. The maximum absolute atomic E-state index is 12.1. The number of methoxy groups -OCH3 is 1. The number of amides is 1. The van der Waals surface area contributed by atoms with Crippen LogP contribution in [0.2, 0.25) is 0 Å². The molecule has 0 radical (unpaired) electrons. The molecule has 2 atom stereocenters. The van der Waals surface area contributed by atoms with Crippen molar-refractivity contribution in [2.75, 3.05) is 26.7 Å². The molecule has 0 aromatic carbocycles. The third-order valence-electron chi connectivity index (χ3n) is 5.13. The Bertz CT molecular complexity index is 515. The molecule has 3 heterocycles. The number of hydrogen-bond donors (Lipinski definition) is 1. The van der Waals surface area contributed by atoms with Crippen molar-refractivity contribution in [3.8, 4) is 5.88 Å². The predicted octanol–water partition coefficient (Wildman–Crippen LogP) is 2.00. The van der Waals surface area contributed by atoms with Crippen LogP contribution in [0.4, 0.5) is 0 Å². The molecule has 1 aromatic rings. The highest BCUT2D eigenvalue weighted by atomic mass is 16.5. The van der Waals surface area contributed by atoms with E-state index in [4.69, 9.17) is 9.26 Å². The molecule has 23 heavy (non-hydrogen) atoms. The second kappa shape index (κ2) is 7.81. The van der Waals surface area contributed by atoms with Crippen LogP contribution >= 0.6 is 0 Å². The first-order chi connectivity index (χ1) is 11.3. The zero-order valence-corrected chi connectivity index (χ0v) is 13.9. The summed E-state index contributed by atoms with van der Waals surface area (Å²) in [7, 11) is 1.55. The zero-order valence-electron chi connectivity index (χ0n) is 13.9. The summed E-state index contributed by atoms with van der Waals surface area (Å²) in [6.07, 6.45) is 7.44. The third kappa shape index (κ3) is 4.25. The first kappa shape index (κ1) is 16.3. The Labute approximate surface area is 137 Å². The highest BCUT2D eigenvalue weighted by molar-refractivity contribution is 5.76. The SMILES string of the molecule is COc1cc(CCC(=O)NC[C@H]2CCCN3CCCC[C@H]23)on1. The highest BCUT2D eigenvalue weighted by Crippen LogP contribution is 2.30. The second-order valence-electron chi connectivity index (χ2n) is 6.64. The molecule has 0 unspecified atom stereocenters. The largest absolute Gasteiger partial charge is 0.479 e. The van der Waals surface area contributed by atoms with Crippen molar-refractivity contribution in [3.05, 3.63) is 11.8 Å². The summed E-state index contributed by atoms with van der Waals surface area (Å²) in [4.78, 5) is 14.7.